The first-order valence-corrected chi connectivity index (χ1v) is 17.4. The van der Waals surface area contributed by atoms with Gasteiger partial charge in [0.05, 0.1) is 5.58 Å². The smallest absolute Gasteiger partial charge is 0.121 e. The molecule has 261 valence electrons. The average molecular weight is 862 g/mol. The van der Waals surface area contributed by atoms with Gasteiger partial charge in [0.2, 0.25) is 0 Å². The van der Waals surface area contributed by atoms with Gasteiger partial charge in [-0.1, -0.05) is 104 Å². The van der Waals surface area contributed by atoms with Gasteiger partial charge in [0, 0.05) is 47.5 Å². The van der Waals surface area contributed by atoms with Crippen LogP contribution in [0.4, 0.5) is 0 Å². The number of rotatable bonds is 4. The average Bonchev–Trinajstić information content (AvgIpc) is 3.62. The third-order valence-corrected chi connectivity index (χ3v) is 10.0. The van der Waals surface area contributed by atoms with E-state index >= 15 is 0 Å². The molecule has 3 heterocycles. The zero-order chi connectivity index (χ0) is 40.9. The molecule has 4 heteroatoms. The molecule has 52 heavy (non-hydrogen) atoms. The molecule has 1 aliphatic carbocycles. The molecule has 0 bridgehead atoms. The van der Waals surface area contributed by atoms with Gasteiger partial charge in [-0.2, -0.15) is 0 Å². The van der Waals surface area contributed by atoms with Gasteiger partial charge >= 0.3 is 0 Å². The molecule has 3 aromatic heterocycles. The Morgan fingerprint density at radius 1 is 0.769 bits per heavy atom. The number of aryl methyl sites for hydroxylation is 2. The van der Waals surface area contributed by atoms with Crippen molar-refractivity contribution in [1.82, 2.24) is 9.97 Å². The fourth-order valence-corrected chi connectivity index (χ4v) is 7.00. The second-order valence-corrected chi connectivity index (χ2v) is 14.1. The molecule has 3 nitrogen and oxygen atoms in total. The quantitative estimate of drug-likeness (QED) is 0.166. The molecular weight excluding hydrogens is 813 g/mol. The van der Waals surface area contributed by atoms with Crippen LogP contribution in [0.1, 0.15) is 71.7 Å². The maximum absolute atomic E-state index is 9.11. The molecule has 9 rings (SSSR count). The number of furan rings is 1. The van der Waals surface area contributed by atoms with E-state index in [1.807, 2.05) is 18.3 Å². The van der Waals surface area contributed by atoms with Crippen LogP contribution in [-0.4, -0.2) is 9.97 Å². The van der Waals surface area contributed by atoms with Gasteiger partial charge in [0.15, 0.2) is 0 Å². The first kappa shape index (κ1) is 27.7. The molecule has 1 saturated carbocycles. The van der Waals surface area contributed by atoms with Crippen LogP contribution >= 0.6 is 0 Å². The molecule has 8 aromatic rings. The second kappa shape index (κ2) is 15.0. The topological polar surface area (TPSA) is 38.9 Å². The molecule has 0 aliphatic heterocycles. The van der Waals surface area contributed by atoms with Gasteiger partial charge in [-0.25, -0.2) is 0 Å². The molecule has 0 amide bonds. The second-order valence-electron chi connectivity index (χ2n) is 14.1. The Balaban J connectivity index is 0.000000214. The van der Waals surface area contributed by atoms with Gasteiger partial charge in [-0.05, 0) is 100 Å². The van der Waals surface area contributed by atoms with E-state index in [-0.39, 0.29) is 31.2 Å². The van der Waals surface area contributed by atoms with Crippen molar-refractivity contribution in [2.24, 2.45) is 5.41 Å². The summed E-state index contributed by atoms with van der Waals surface area (Å²) >= 11 is 0. The number of aromatic nitrogens is 2. The van der Waals surface area contributed by atoms with Crippen molar-refractivity contribution in [2.45, 2.75) is 59.1 Å². The Kier molecular flexibility index (Phi) is 7.99. The minimum absolute atomic E-state index is 0. The Morgan fingerprint density at radius 2 is 1.58 bits per heavy atom. The first-order chi connectivity index (χ1) is 27.6. The predicted molar refractivity (Wildman–Crippen MR) is 212 cm³/mol. The summed E-state index contributed by atoms with van der Waals surface area (Å²) in [6.45, 7) is 0.304. The van der Waals surface area contributed by atoms with E-state index in [1.54, 1.807) is 12.1 Å². The van der Waals surface area contributed by atoms with Crippen molar-refractivity contribution < 1.29 is 34.1 Å². The van der Waals surface area contributed by atoms with E-state index in [2.05, 4.69) is 104 Å². The van der Waals surface area contributed by atoms with Crippen LogP contribution in [-0.2, 0) is 20.1 Å². The predicted octanol–water partition coefficient (Wildman–Crippen LogP) is 13.1. The Labute approximate surface area is 330 Å². The zero-order valence-corrected chi connectivity index (χ0v) is 31.5. The molecule has 1 fully saturated rings. The van der Waals surface area contributed by atoms with Gasteiger partial charge < -0.3 is 14.4 Å². The van der Waals surface area contributed by atoms with E-state index in [0.29, 0.717) is 16.7 Å². The van der Waals surface area contributed by atoms with Crippen LogP contribution in [0.25, 0.3) is 66.4 Å². The van der Waals surface area contributed by atoms with Gasteiger partial charge in [-0.15, -0.1) is 53.6 Å². The SMILES string of the molecule is [2H]C([2H])([2H])c1c[c-]c(-c2ccc(C([2H])([2H])[2H])cn2)cc1.[2H]C1(c2ccc(-c3ccnc(-c4[c-]ccc5c4oc4ccc6ccccc6c45)c3)cc2)CCC(C)(C)CC1.[Ir]. The fourth-order valence-electron chi connectivity index (χ4n) is 7.00. The summed E-state index contributed by atoms with van der Waals surface area (Å²) in [5, 5.41) is 4.61. The standard InChI is InChI=1S/C35H30NO.C13H12N.Ir/c1-35(2)19-16-25(17-20-35)23-10-12-24(13-11-23)27-18-21-36-31(22-27)29-8-5-9-30-33-28-7-4-3-6-26(28)14-15-32(33)37-34(29)30;1-10-3-6-12(7-4-10)13-8-5-11(2)9-14-13;/h3-7,9-15,18,21-22,25H,16-17,19-20H2,1-2H3;3-6,8-9H,1-2H3;/q2*-1;/i25D;1D3,2D3;. The zero-order valence-electron chi connectivity index (χ0n) is 36.1. The van der Waals surface area contributed by atoms with Crippen LogP contribution in [0, 0.1) is 31.3 Å². The summed E-state index contributed by atoms with van der Waals surface area (Å²) in [5.41, 5.74) is 8.65. The summed E-state index contributed by atoms with van der Waals surface area (Å²) in [4.78, 5) is 8.79. The third-order valence-electron chi connectivity index (χ3n) is 10.0. The number of hydrogen-bond acceptors (Lipinski definition) is 3. The van der Waals surface area contributed by atoms with Crippen molar-refractivity contribution in [3.8, 4) is 33.6 Å². The van der Waals surface area contributed by atoms with E-state index < -0.39 is 19.6 Å². The molecule has 0 atom stereocenters. The fraction of sp³-hybridized carbons (Fsp3) is 0.208. The molecule has 1 radical (unpaired) electrons. The van der Waals surface area contributed by atoms with Crippen LogP contribution < -0.4 is 0 Å². The molecule has 5 aromatic carbocycles. The molecule has 0 spiro atoms. The van der Waals surface area contributed by atoms with E-state index in [9.17, 15) is 0 Å². The Bertz CT molecular complexity index is 2670. The minimum atomic E-state index is -2.18. The van der Waals surface area contributed by atoms with Crippen LogP contribution in [0.5, 0.6) is 0 Å². The molecule has 0 saturated heterocycles. The first-order valence-electron chi connectivity index (χ1n) is 20.9. The third kappa shape index (κ3) is 7.37. The van der Waals surface area contributed by atoms with E-state index in [0.717, 1.165) is 75.6 Å². The number of hydrogen-bond donors (Lipinski definition) is 0. The van der Waals surface area contributed by atoms with Gasteiger partial charge in [0.25, 0.3) is 0 Å². The number of nitrogens with zero attached hydrogens (tertiary/aromatic N) is 2. The summed E-state index contributed by atoms with van der Waals surface area (Å²) in [5.74, 6) is -0.479. The summed E-state index contributed by atoms with van der Waals surface area (Å²) in [6.07, 6.45) is 7.21. The van der Waals surface area contributed by atoms with Crippen LogP contribution in [0.15, 0.2) is 132 Å². The van der Waals surface area contributed by atoms with Crippen molar-refractivity contribution in [1.29, 1.82) is 0 Å². The van der Waals surface area contributed by atoms with Crippen molar-refractivity contribution in [3.63, 3.8) is 0 Å². The molecule has 0 N–H and O–H groups in total. The Morgan fingerprint density at radius 3 is 2.33 bits per heavy atom. The van der Waals surface area contributed by atoms with Crippen molar-refractivity contribution in [2.75, 3.05) is 0 Å². The van der Waals surface area contributed by atoms with Gasteiger partial charge in [0.1, 0.15) is 5.58 Å². The van der Waals surface area contributed by atoms with Crippen molar-refractivity contribution in [3.05, 3.63) is 156 Å². The van der Waals surface area contributed by atoms with Gasteiger partial charge in [-0.3, -0.25) is 0 Å². The monoisotopic (exact) mass is 862 g/mol. The van der Waals surface area contributed by atoms with Crippen LogP contribution in [0.3, 0.4) is 0 Å². The maximum atomic E-state index is 9.11. The van der Waals surface area contributed by atoms with Crippen LogP contribution in [0.2, 0.25) is 0 Å². The summed E-state index contributed by atoms with van der Waals surface area (Å²) in [6, 6.07) is 43.3. The molecule has 1 aliphatic rings. The number of benzene rings is 5. The summed E-state index contributed by atoms with van der Waals surface area (Å²) in [7, 11) is 0. The molecule has 0 unspecified atom stereocenters. The number of fused-ring (bicyclic) bond motifs is 5. The molecular formula is C48H42IrN2O-2. The normalized spacial score (nSPS) is 17.2. The number of pyridine rings is 2. The largest absolute Gasteiger partial charge is 0.501 e. The summed E-state index contributed by atoms with van der Waals surface area (Å²) < 4.78 is 59.2. The van der Waals surface area contributed by atoms with E-state index in [1.165, 1.54) is 35.2 Å². The maximum Gasteiger partial charge on any atom is 0.121 e. The van der Waals surface area contributed by atoms with E-state index in [4.69, 9.17) is 19.0 Å². The Hall–Kier alpha value is -4.89. The van der Waals surface area contributed by atoms with Crippen molar-refractivity contribution >= 4 is 32.7 Å². The minimum Gasteiger partial charge on any atom is -0.501 e.